The molecule has 5 rings (SSSR count). The van der Waals surface area contributed by atoms with E-state index in [-0.39, 0.29) is 37.0 Å². The zero-order valence-electron chi connectivity index (χ0n) is 24.3. The predicted molar refractivity (Wildman–Crippen MR) is 156 cm³/mol. The third kappa shape index (κ3) is 6.33. The number of nitrogens with one attached hydrogen (secondary N) is 2. The number of rotatable bonds is 11. The Morgan fingerprint density at radius 2 is 2.24 bits per heavy atom. The number of allylic oxidation sites excluding steroid dienone is 1. The number of aromatic nitrogens is 4. The van der Waals surface area contributed by atoms with Crippen molar-refractivity contribution in [3.63, 3.8) is 0 Å². The molecular weight excluding hydrogens is 541 g/mol. The number of carbonyl (C=O) groups is 1. The fourth-order valence-corrected chi connectivity index (χ4v) is 5.64. The minimum atomic E-state index is -1.04. The maximum Gasteiger partial charge on any atom is 0.320 e. The van der Waals surface area contributed by atoms with Crippen LogP contribution in [0.5, 0.6) is 17.6 Å². The highest BCUT2D eigenvalue weighted by Gasteiger charge is 2.33. The number of likely N-dealkylation sites (tertiary alicyclic amines) is 1. The van der Waals surface area contributed by atoms with Gasteiger partial charge >= 0.3 is 6.01 Å². The third-order valence-electron chi connectivity index (χ3n) is 8.02. The number of halogens is 1. The SMILES string of the molecule is C=C(F)C(=O)NCCC(C/C(C)=C\N)c1nc(OC[C@@H]2CCCN2C)nc2c1OCC(c1c(C)ccc3[nH]ncc13)O2. The van der Waals surface area contributed by atoms with Gasteiger partial charge in [-0.15, -0.1) is 0 Å². The van der Waals surface area contributed by atoms with Crippen molar-refractivity contribution in [2.24, 2.45) is 5.73 Å². The lowest BCUT2D eigenvalue weighted by Crippen LogP contribution is -2.31. The lowest BCUT2D eigenvalue weighted by molar-refractivity contribution is -0.118. The van der Waals surface area contributed by atoms with Crippen molar-refractivity contribution in [3.8, 4) is 17.6 Å². The number of aryl methyl sites for hydroxylation is 1. The van der Waals surface area contributed by atoms with Crippen molar-refractivity contribution in [1.29, 1.82) is 0 Å². The summed E-state index contributed by atoms with van der Waals surface area (Å²) in [5, 5.41) is 10.7. The Labute approximate surface area is 244 Å². The molecule has 2 aromatic heterocycles. The molecule has 0 spiro atoms. The van der Waals surface area contributed by atoms with Crippen LogP contribution in [0.4, 0.5) is 4.39 Å². The number of carbonyl (C=O) groups excluding carboxylic acids is 1. The maximum atomic E-state index is 13.3. The molecule has 1 fully saturated rings. The number of nitrogens with zero attached hydrogens (tertiary/aromatic N) is 4. The number of hydrogen-bond acceptors (Lipinski definition) is 9. The first-order valence-corrected chi connectivity index (χ1v) is 14.2. The second-order valence-corrected chi connectivity index (χ2v) is 11.0. The molecule has 1 amide bonds. The summed E-state index contributed by atoms with van der Waals surface area (Å²) in [6, 6.07) is 4.46. The first kappa shape index (κ1) is 29.3. The van der Waals surface area contributed by atoms with Gasteiger partial charge in [-0.05, 0) is 71.0 Å². The van der Waals surface area contributed by atoms with E-state index in [0.29, 0.717) is 30.9 Å². The van der Waals surface area contributed by atoms with E-state index in [2.05, 4.69) is 39.0 Å². The summed E-state index contributed by atoms with van der Waals surface area (Å²) in [4.78, 5) is 23.5. The zero-order chi connectivity index (χ0) is 29.8. The highest BCUT2D eigenvalue weighted by Crippen LogP contribution is 2.44. The number of amides is 1. The van der Waals surface area contributed by atoms with Crippen molar-refractivity contribution >= 4 is 16.8 Å². The minimum absolute atomic E-state index is 0.187. The van der Waals surface area contributed by atoms with Gasteiger partial charge < -0.3 is 30.2 Å². The van der Waals surface area contributed by atoms with Crippen LogP contribution < -0.4 is 25.3 Å². The molecule has 2 aliphatic heterocycles. The normalized spacial score (nSPS) is 19.6. The van der Waals surface area contributed by atoms with Crippen molar-refractivity contribution < 1.29 is 23.4 Å². The van der Waals surface area contributed by atoms with E-state index in [1.807, 2.05) is 26.0 Å². The molecule has 11 nitrogen and oxygen atoms in total. The highest BCUT2D eigenvalue weighted by atomic mass is 19.1. The van der Waals surface area contributed by atoms with Crippen molar-refractivity contribution in [2.75, 3.05) is 33.4 Å². The second-order valence-electron chi connectivity index (χ2n) is 11.0. The first-order chi connectivity index (χ1) is 20.2. The van der Waals surface area contributed by atoms with Crippen LogP contribution in [0.3, 0.4) is 0 Å². The van der Waals surface area contributed by atoms with Gasteiger partial charge in [0.05, 0.1) is 17.4 Å². The molecule has 12 heteroatoms. The Balaban J connectivity index is 1.49. The molecular formula is C30H38FN7O4. The molecule has 3 atom stereocenters. The molecule has 3 aromatic rings. The van der Waals surface area contributed by atoms with Crippen LogP contribution in [0.15, 0.2) is 42.5 Å². The molecule has 0 radical (unpaired) electrons. The number of likely N-dealkylation sites (N-methyl/N-ethyl adjacent to an activating group) is 1. The van der Waals surface area contributed by atoms with Gasteiger partial charge in [0.2, 0.25) is 5.75 Å². The van der Waals surface area contributed by atoms with Crippen LogP contribution in [-0.4, -0.2) is 70.4 Å². The zero-order valence-corrected chi connectivity index (χ0v) is 24.3. The summed E-state index contributed by atoms with van der Waals surface area (Å²) < 4.78 is 32.3. The predicted octanol–water partition coefficient (Wildman–Crippen LogP) is 3.97. The van der Waals surface area contributed by atoms with Gasteiger partial charge in [-0.25, -0.2) is 4.39 Å². The van der Waals surface area contributed by atoms with Crippen LogP contribution in [0.2, 0.25) is 0 Å². The average Bonchev–Trinajstić information content (AvgIpc) is 3.63. The smallest absolute Gasteiger partial charge is 0.320 e. The van der Waals surface area contributed by atoms with E-state index in [0.717, 1.165) is 47.0 Å². The molecule has 1 saturated heterocycles. The Morgan fingerprint density at radius 3 is 2.98 bits per heavy atom. The fraction of sp³-hybridized carbons (Fsp3) is 0.467. The van der Waals surface area contributed by atoms with Crippen LogP contribution in [-0.2, 0) is 4.79 Å². The summed E-state index contributed by atoms with van der Waals surface area (Å²) >= 11 is 0. The van der Waals surface area contributed by atoms with Gasteiger partial charge in [-0.3, -0.25) is 9.89 Å². The number of benzene rings is 1. The lowest BCUT2D eigenvalue weighted by atomic mass is 9.92. The largest absolute Gasteiger partial charge is 0.482 e. The quantitative estimate of drug-likeness (QED) is 0.288. The topological polar surface area (TPSA) is 141 Å². The molecule has 0 aliphatic carbocycles. The molecule has 1 aromatic carbocycles. The molecule has 2 aliphatic rings. The summed E-state index contributed by atoms with van der Waals surface area (Å²) in [7, 11) is 2.08. The average molecular weight is 580 g/mol. The number of nitrogens with two attached hydrogens (primary N) is 1. The first-order valence-electron chi connectivity index (χ1n) is 14.2. The molecule has 0 bridgehead atoms. The van der Waals surface area contributed by atoms with Gasteiger partial charge in [0.25, 0.3) is 11.8 Å². The van der Waals surface area contributed by atoms with Crippen LogP contribution >= 0.6 is 0 Å². The Hall–Kier alpha value is -4.19. The van der Waals surface area contributed by atoms with Crippen molar-refractivity contribution in [3.05, 3.63) is 59.3 Å². The van der Waals surface area contributed by atoms with Gasteiger partial charge in [0, 0.05) is 29.5 Å². The number of ether oxygens (including phenoxy) is 3. The number of hydrogen-bond donors (Lipinski definition) is 3. The second kappa shape index (κ2) is 12.8. The summed E-state index contributed by atoms with van der Waals surface area (Å²) in [6.07, 6.45) is 5.99. The van der Waals surface area contributed by atoms with Gasteiger partial charge in [-0.1, -0.05) is 18.2 Å². The Kier molecular flexibility index (Phi) is 8.91. The van der Waals surface area contributed by atoms with E-state index >= 15 is 0 Å². The minimum Gasteiger partial charge on any atom is -0.482 e. The molecule has 42 heavy (non-hydrogen) atoms. The highest BCUT2D eigenvalue weighted by molar-refractivity contribution is 5.90. The van der Waals surface area contributed by atoms with E-state index < -0.39 is 17.8 Å². The number of H-pyrrole nitrogens is 1. The van der Waals surface area contributed by atoms with Gasteiger partial charge in [-0.2, -0.15) is 15.1 Å². The summed E-state index contributed by atoms with van der Waals surface area (Å²) in [5.41, 5.74) is 10.2. The third-order valence-corrected chi connectivity index (χ3v) is 8.02. The lowest BCUT2D eigenvalue weighted by Gasteiger charge is -2.30. The summed E-state index contributed by atoms with van der Waals surface area (Å²) in [5.74, 6) is -1.44. The molecule has 0 saturated carbocycles. The molecule has 2 unspecified atom stereocenters. The van der Waals surface area contributed by atoms with Crippen LogP contribution in [0, 0.1) is 6.92 Å². The Bertz CT molecular complexity index is 1490. The standard InChI is InChI=1S/C30H38FN7O4/c1-17(13-32)12-20(9-10-33-28(39)19(3)31)26-27-29(36-30(35-26)41-15-21-6-5-11-38(21)4)42-24(16-40-27)25-18(2)7-8-23-22(25)14-34-37-23/h7-8,13-14,20-21,24H,3,5-6,9-12,15-16,32H2,1-2,4H3,(H,33,39)(H,34,37)/b17-13-/t20?,21-,24?/m0/s1. The monoisotopic (exact) mass is 579 g/mol. The van der Waals surface area contributed by atoms with E-state index in [1.165, 1.54) is 6.20 Å². The fourth-order valence-electron chi connectivity index (χ4n) is 5.64. The molecule has 224 valence electrons. The van der Waals surface area contributed by atoms with Crippen LogP contribution in [0.25, 0.3) is 10.9 Å². The molecule has 4 heterocycles. The van der Waals surface area contributed by atoms with E-state index in [1.54, 1.807) is 6.20 Å². The van der Waals surface area contributed by atoms with E-state index in [4.69, 9.17) is 24.9 Å². The number of aromatic amines is 1. The maximum absolute atomic E-state index is 13.3. The van der Waals surface area contributed by atoms with Crippen molar-refractivity contribution in [2.45, 2.75) is 57.6 Å². The summed E-state index contributed by atoms with van der Waals surface area (Å²) in [6.45, 7) is 8.89. The molecule has 4 N–H and O–H groups in total. The Morgan fingerprint density at radius 1 is 1.40 bits per heavy atom. The van der Waals surface area contributed by atoms with Gasteiger partial charge in [0.1, 0.15) is 13.2 Å². The number of fused-ring (bicyclic) bond motifs is 2. The van der Waals surface area contributed by atoms with Crippen molar-refractivity contribution in [1.82, 2.24) is 30.4 Å². The van der Waals surface area contributed by atoms with Gasteiger partial charge in [0.15, 0.2) is 11.9 Å². The van der Waals surface area contributed by atoms with E-state index in [9.17, 15) is 9.18 Å². The van der Waals surface area contributed by atoms with Crippen LogP contribution in [0.1, 0.15) is 61.4 Å².